The summed E-state index contributed by atoms with van der Waals surface area (Å²) in [5.74, 6) is -2.89. The Balaban J connectivity index is 1.95. The van der Waals surface area contributed by atoms with Crippen LogP contribution >= 0.6 is 0 Å². The zero-order valence-electron chi connectivity index (χ0n) is 12.5. The third-order valence-corrected chi connectivity index (χ3v) is 2.88. The Hall–Kier alpha value is -3.23. The van der Waals surface area contributed by atoms with E-state index < -0.39 is 29.4 Å². The summed E-state index contributed by atoms with van der Waals surface area (Å²) in [4.78, 5) is 23.2. The van der Waals surface area contributed by atoms with E-state index in [1.165, 1.54) is 24.3 Å². The molecule has 25 heavy (non-hydrogen) atoms. The zero-order valence-corrected chi connectivity index (χ0v) is 12.5. The minimum Gasteiger partial charge on any atom is -0.318 e. The average molecular weight is 353 g/mol. The third-order valence-electron chi connectivity index (χ3n) is 2.88. The predicted molar refractivity (Wildman–Crippen MR) is 82.2 cm³/mol. The summed E-state index contributed by atoms with van der Waals surface area (Å²) in [7, 11) is 0. The van der Waals surface area contributed by atoms with Gasteiger partial charge in [-0.25, -0.2) is 9.82 Å². The Morgan fingerprint density at radius 1 is 1.00 bits per heavy atom. The van der Waals surface area contributed by atoms with Gasteiger partial charge in [-0.15, -0.1) is 0 Å². The Kier molecular flexibility index (Phi) is 5.48. The van der Waals surface area contributed by atoms with E-state index in [2.05, 4.69) is 5.10 Å². The highest BCUT2D eigenvalue weighted by molar-refractivity contribution is 6.39. The molecule has 0 aliphatic heterocycles. The second-order valence-corrected chi connectivity index (χ2v) is 4.79. The van der Waals surface area contributed by atoms with Crippen LogP contribution in [0.4, 0.5) is 23.2 Å². The number of benzene rings is 2. The summed E-state index contributed by atoms with van der Waals surface area (Å²) in [6.07, 6.45) is -3.46. The van der Waals surface area contributed by atoms with Crippen molar-refractivity contribution in [2.24, 2.45) is 5.10 Å². The van der Waals surface area contributed by atoms with Gasteiger partial charge in [0.25, 0.3) is 0 Å². The first kappa shape index (κ1) is 18.1. The van der Waals surface area contributed by atoms with Gasteiger partial charge in [0, 0.05) is 5.69 Å². The molecule has 5 nitrogen and oxygen atoms in total. The summed E-state index contributed by atoms with van der Waals surface area (Å²) in [5, 5.41) is 5.50. The van der Waals surface area contributed by atoms with Gasteiger partial charge < -0.3 is 5.32 Å². The molecule has 0 atom stereocenters. The summed E-state index contributed by atoms with van der Waals surface area (Å²) in [6, 6.07) is 9.15. The van der Waals surface area contributed by atoms with Gasteiger partial charge in [0.2, 0.25) is 0 Å². The van der Waals surface area contributed by atoms with Gasteiger partial charge in [0.15, 0.2) is 0 Å². The number of carbonyl (C=O) groups is 2. The quantitative estimate of drug-likeness (QED) is 0.386. The second kappa shape index (κ2) is 7.56. The maximum atomic E-state index is 12.9. The molecule has 2 N–H and O–H groups in total. The molecular weight excluding hydrogens is 342 g/mol. The summed E-state index contributed by atoms with van der Waals surface area (Å²) in [5.41, 5.74) is 1.08. The van der Waals surface area contributed by atoms with Gasteiger partial charge in [0.05, 0.1) is 11.8 Å². The van der Waals surface area contributed by atoms with E-state index in [0.29, 0.717) is 11.6 Å². The number of halogens is 4. The van der Waals surface area contributed by atoms with Crippen LogP contribution in [0.5, 0.6) is 0 Å². The smallest absolute Gasteiger partial charge is 0.318 e. The molecule has 2 aromatic carbocycles. The average Bonchev–Trinajstić information content (AvgIpc) is 2.54. The summed E-state index contributed by atoms with van der Waals surface area (Å²) >= 11 is 0. The number of carbonyl (C=O) groups excluding carboxylic acids is 2. The molecule has 0 aliphatic carbocycles. The monoisotopic (exact) mass is 353 g/mol. The van der Waals surface area contributed by atoms with Crippen molar-refractivity contribution >= 4 is 23.7 Å². The van der Waals surface area contributed by atoms with Gasteiger partial charge in [0.1, 0.15) is 5.82 Å². The molecule has 0 aliphatic rings. The summed E-state index contributed by atoms with van der Waals surface area (Å²) < 4.78 is 50.7. The highest BCUT2D eigenvalue weighted by Gasteiger charge is 2.30. The molecule has 0 saturated carbocycles. The molecule has 0 radical (unpaired) electrons. The molecule has 2 aromatic rings. The molecule has 2 rings (SSSR count). The molecule has 9 heteroatoms. The van der Waals surface area contributed by atoms with Crippen molar-refractivity contribution in [3.63, 3.8) is 0 Å². The molecule has 0 heterocycles. The first-order chi connectivity index (χ1) is 11.8. The van der Waals surface area contributed by atoms with Gasteiger partial charge in [-0.1, -0.05) is 18.2 Å². The van der Waals surface area contributed by atoms with Gasteiger partial charge in [-0.3, -0.25) is 9.59 Å². The minimum absolute atomic E-state index is 0.191. The van der Waals surface area contributed by atoms with Crippen molar-refractivity contribution in [1.29, 1.82) is 0 Å². The van der Waals surface area contributed by atoms with E-state index in [9.17, 15) is 27.2 Å². The van der Waals surface area contributed by atoms with Crippen LogP contribution in [0.25, 0.3) is 0 Å². The van der Waals surface area contributed by atoms with Crippen molar-refractivity contribution < 1.29 is 27.2 Å². The number of hydrogen-bond acceptors (Lipinski definition) is 3. The number of hydrogen-bond donors (Lipinski definition) is 2. The fourth-order valence-electron chi connectivity index (χ4n) is 1.76. The molecule has 0 bridgehead atoms. The lowest BCUT2D eigenvalue weighted by molar-refractivity contribution is -0.137. The standard InChI is InChI=1S/C16H11F4N3O2/c17-12-5-1-3-10(7-12)9-21-23-15(25)14(24)22-13-6-2-4-11(8-13)16(18,19)20/h1-9H,(H,22,24)(H,23,25)/b21-9+. The Morgan fingerprint density at radius 2 is 1.72 bits per heavy atom. The number of amides is 2. The predicted octanol–water partition coefficient (Wildman–Crippen LogP) is 2.93. The lowest BCUT2D eigenvalue weighted by atomic mass is 10.2. The SMILES string of the molecule is O=C(N/N=C/c1cccc(F)c1)C(=O)Nc1cccc(C(F)(F)F)c1. The van der Waals surface area contributed by atoms with Crippen LogP contribution in [0.15, 0.2) is 53.6 Å². The fraction of sp³-hybridized carbons (Fsp3) is 0.0625. The molecule has 0 aromatic heterocycles. The van der Waals surface area contributed by atoms with E-state index in [4.69, 9.17) is 0 Å². The van der Waals surface area contributed by atoms with E-state index in [1.54, 1.807) is 0 Å². The number of nitrogens with zero attached hydrogens (tertiary/aromatic N) is 1. The Bertz CT molecular complexity index is 819. The maximum absolute atomic E-state index is 12.9. The number of alkyl halides is 3. The lowest BCUT2D eigenvalue weighted by Crippen LogP contribution is -2.32. The molecule has 0 spiro atoms. The number of nitrogens with one attached hydrogen (secondary N) is 2. The molecule has 0 fully saturated rings. The molecule has 130 valence electrons. The molecular formula is C16H11F4N3O2. The van der Waals surface area contributed by atoms with Crippen LogP contribution in [0.2, 0.25) is 0 Å². The van der Waals surface area contributed by atoms with Crippen LogP contribution in [0, 0.1) is 5.82 Å². The highest BCUT2D eigenvalue weighted by atomic mass is 19.4. The van der Waals surface area contributed by atoms with Crippen LogP contribution in [-0.4, -0.2) is 18.0 Å². The first-order valence-electron chi connectivity index (χ1n) is 6.83. The number of rotatable bonds is 3. The van der Waals surface area contributed by atoms with Crippen molar-refractivity contribution in [2.75, 3.05) is 5.32 Å². The van der Waals surface area contributed by atoms with Crippen molar-refractivity contribution in [1.82, 2.24) is 5.43 Å². The molecule has 0 unspecified atom stereocenters. The highest BCUT2D eigenvalue weighted by Crippen LogP contribution is 2.30. The van der Waals surface area contributed by atoms with Gasteiger partial charge in [-0.2, -0.15) is 18.3 Å². The molecule has 2 amide bonds. The van der Waals surface area contributed by atoms with Crippen LogP contribution in [0.1, 0.15) is 11.1 Å². The topological polar surface area (TPSA) is 70.6 Å². The number of anilines is 1. The zero-order chi connectivity index (χ0) is 18.4. The van der Waals surface area contributed by atoms with Gasteiger partial charge in [-0.05, 0) is 35.9 Å². The second-order valence-electron chi connectivity index (χ2n) is 4.79. The van der Waals surface area contributed by atoms with Crippen LogP contribution in [-0.2, 0) is 15.8 Å². The van der Waals surface area contributed by atoms with Gasteiger partial charge >= 0.3 is 18.0 Å². The van der Waals surface area contributed by atoms with Crippen molar-refractivity contribution in [2.45, 2.75) is 6.18 Å². The van der Waals surface area contributed by atoms with Crippen molar-refractivity contribution in [3.05, 3.63) is 65.5 Å². The minimum atomic E-state index is -4.57. The Labute approximate surface area is 139 Å². The lowest BCUT2D eigenvalue weighted by Gasteiger charge is -2.09. The van der Waals surface area contributed by atoms with E-state index in [-0.39, 0.29) is 5.69 Å². The van der Waals surface area contributed by atoms with Crippen molar-refractivity contribution in [3.8, 4) is 0 Å². The maximum Gasteiger partial charge on any atom is 0.416 e. The number of hydrazone groups is 1. The van der Waals surface area contributed by atoms with E-state index in [1.807, 2.05) is 10.7 Å². The Morgan fingerprint density at radius 3 is 2.40 bits per heavy atom. The largest absolute Gasteiger partial charge is 0.416 e. The van der Waals surface area contributed by atoms with Crippen LogP contribution < -0.4 is 10.7 Å². The normalized spacial score (nSPS) is 11.4. The first-order valence-corrected chi connectivity index (χ1v) is 6.83. The molecule has 0 saturated heterocycles. The van der Waals surface area contributed by atoms with Crippen LogP contribution in [0.3, 0.4) is 0 Å². The van der Waals surface area contributed by atoms with E-state index in [0.717, 1.165) is 24.4 Å². The summed E-state index contributed by atoms with van der Waals surface area (Å²) in [6.45, 7) is 0. The fourth-order valence-corrected chi connectivity index (χ4v) is 1.76. The van der Waals surface area contributed by atoms with E-state index >= 15 is 0 Å². The third kappa shape index (κ3) is 5.41.